The Labute approximate surface area is 113 Å². The average molecular weight is 278 g/mol. The minimum absolute atomic E-state index is 0.0335. The van der Waals surface area contributed by atoms with E-state index >= 15 is 0 Å². The number of carbonyl (C=O) groups is 1. The van der Waals surface area contributed by atoms with Gasteiger partial charge in [0.25, 0.3) is 11.6 Å². The van der Waals surface area contributed by atoms with E-state index in [0.717, 1.165) is 0 Å². The second kappa shape index (κ2) is 5.66. The number of aliphatic hydroxyl groups is 1. The number of carbonyl (C=O) groups excluding carboxylic acids is 1. The third kappa shape index (κ3) is 2.75. The summed E-state index contributed by atoms with van der Waals surface area (Å²) in [4.78, 5) is 22.3. The van der Waals surface area contributed by atoms with Crippen LogP contribution in [0.4, 0.5) is 5.69 Å². The minimum atomic E-state index is -0.525. The second-order valence-electron chi connectivity index (χ2n) is 4.45. The molecule has 1 unspecified atom stereocenters. The van der Waals surface area contributed by atoms with E-state index in [1.54, 1.807) is 6.92 Å². The number of non-ortho nitro benzene ring substituents is 1. The molecule has 3 N–H and O–H groups in total. The largest absolute Gasteiger partial charge is 0.396 e. The van der Waals surface area contributed by atoms with E-state index < -0.39 is 10.8 Å². The van der Waals surface area contributed by atoms with Crippen molar-refractivity contribution in [2.75, 3.05) is 6.61 Å². The molecule has 0 aliphatic rings. The van der Waals surface area contributed by atoms with E-state index in [2.05, 4.69) is 15.5 Å². The molecule has 1 atom stereocenters. The standard InChI is InChI=1S/C12H14N4O4/c1-7(4-5-17)13-12(18)11-9-6-8(16(19)20)2-3-10(9)14-15-11/h2-3,6-7,17H,4-5H2,1H3,(H,13,18)(H,14,15). The molecule has 2 rings (SSSR count). The van der Waals surface area contributed by atoms with Crippen molar-refractivity contribution in [3.8, 4) is 0 Å². The monoisotopic (exact) mass is 278 g/mol. The zero-order chi connectivity index (χ0) is 14.7. The van der Waals surface area contributed by atoms with Gasteiger partial charge in [-0.25, -0.2) is 0 Å². The van der Waals surface area contributed by atoms with Crippen LogP contribution in [0.2, 0.25) is 0 Å². The first-order chi connectivity index (χ1) is 9.52. The number of amides is 1. The van der Waals surface area contributed by atoms with Crippen LogP contribution in [0.25, 0.3) is 10.9 Å². The summed E-state index contributed by atoms with van der Waals surface area (Å²) in [5.74, 6) is -0.433. The molecule has 1 aromatic heterocycles. The van der Waals surface area contributed by atoms with Crippen LogP contribution >= 0.6 is 0 Å². The van der Waals surface area contributed by atoms with Crippen molar-refractivity contribution in [3.05, 3.63) is 34.0 Å². The molecule has 8 heteroatoms. The first-order valence-corrected chi connectivity index (χ1v) is 6.07. The van der Waals surface area contributed by atoms with Crippen molar-refractivity contribution in [2.45, 2.75) is 19.4 Å². The molecule has 0 saturated heterocycles. The highest BCUT2D eigenvalue weighted by atomic mass is 16.6. The Bertz CT molecular complexity index is 652. The number of nitro groups is 1. The quantitative estimate of drug-likeness (QED) is 0.555. The first kappa shape index (κ1) is 13.9. The van der Waals surface area contributed by atoms with Gasteiger partial charge in [-0.15, -0.1) is 0 Å². The summed E-state index contributed by atoms with van der Waals surface area (Å²) in [6, 6.07) is 3.95. The van der Waals surface area contributed by atoms with Gasteiger partial charge in [0.05, 0.1) is 10.4 Å². The van der Waals surface area contributed by atoms with Crippen LogP contribution in [-0.4, -0.2) is 38.8 Å². The summed E-state index contributed by atoms with van der Waals surface area (Å²) in [5.41, 5.74) is 0.556. The van der Waals surface area contributed by atoms with Crippen molar-refractivity contribution < 1.29 is 14.8 Å². The number of hydrogen-bond donors (Lipinski definition) is 3. The first-order valence-electron chi connectivity index (χ1n) is 6.07. The van der Waals surface area contributed by atoms with Gasteiger partial charge in [-0.05, 0) is 19.4 Å². The fourth-order valence-corrected chi connectivity index (χ4v) is 1.85. The SMILES string of the molecule is CC(CCO)NC(=O)c1n[nH]c2ccc([N+](=O)[O-])cc12. The van der Waals surface area contributed by atoms with Crippen molar-refractivity contribution in [1.82, 2.24) is 15.5 Å². The topological polar surface area (TPSA) is 121 Å². The number of aliphatic hydroxyl groups excluding tert-OH is 1. The summed E-state index contributed by atoms with van der Waals surface area (Å²) >= 11 is 0. The van der Waals surface area contributed by atoms with Crippen LogP contribution in [0.15, 0.2) is 18.2 Å². The number of aromatic amines is 1. The van der Waals surface area contributed by atoms with Crippen LogP contribution < -0.4 is 5.32 Å². The number of fused-ring (bicyclic) bond motifs is 1. The van der Waals surface area contributed by atoms with Gasteiger partial charge in [0.2, 0.25) is 0 Å². The normalized spacial score (nSPS) is 12.3. The average Bonchev–Trinajstić information content (AvgIpc) is 2.81. The maximum Gasteiger partial charge on any atom is 0.272 e. The highest BCUT2D eigenvalue weighted by Crippen LogP contribution is 2.22. The molecule has 1 amide bonds. The number of hydrogen-bond acceptors (Lipinski definition) is 5. The lowest BCUT2D eigenvalue weighted by molar-refractivity contribution is -0.384. The van der Waals surface area contributed by atoms with E-state index in [-0.39, 0.29) is 24.0 Å². The number of H-pyrrole nitrogens is 1. The molecule has 0 radical (unpaired) electrons. The van der Waals surface area contributed by atoms with Gasteiger partial charge in [0.1, 0.15) is 0 Å². The lowest BCUT2D eigenvalue weighted by Gasteiger charge is -2.10. The molecular formula is C12H14N4O4. The summed E-state index contributed by atoms with van der Waals surface area (Å²) in [5, 5.41) is 29.2. The molecule has 0 bridgehead atoms. The molecule has 20 heavy (non-hydrogen) atoms. The molecular weight excluding hydrogens is 264 g/mol. The maximum atomic E-state index is 12.0. The van der Waals surface area contributed by atoms with E-state index in [1.807, 2.05) is 0 Å². The van der Waals surface area contributed by atoms with E-state index in [0.29, 0.717) is 17.3 Å². The summed E-state index contributed by atoms with van der Waals surface area (Å²) in [6.45, 7) is 1.72. The highest BCUT2D eigenvalue weighted by molar-refractivity contribution is 6.05. The molecule has 0 saturated carbocycles. The van der Waals surface area contributed by atoms with E-state index in [4.69, 9.17) is 5.11 Å². The van der Waals surface area contributed by atoms with Crippen molar-refractivity contribution in [1.29, 1.82) is 0 Å². The number of benzene rings is 1. The summed E-state index contributed by atoms with van der Waals surface area (Å²) in [7, 11) is 0. The highest BCUT2D eigenvalue weighted by Gasteiger charge is 2.18. The molecule has 0 fully saturated rings. The van der Waals surface area contributed by atoms with Crippen LogP contribution in [-0.2, 0) is 0 Å². The third-order valence-corrected chi connectivity index (χ3v) is 2.91. The Morgan fingerprint density at radius 3 is 3.00 bits per heavy atom. The van der Waals surface area contributed by atoms with Gasteiger partial charge in [0.15, 0.2) is 5.69 Å². The number of rotatable bonds is 5. The Morgan fingerprint density at radius 1 is 1.60 bits per heavy atom. The Kier molecular flexibility index (Phi) is 3.94. The number of nitro benzene ring substituents is 1. The van der Waals surface area contributed by atoms with E-state index in [1.165, 1.54) is 18.2 Å². The molecule has 106 valence electrons. The van der Waals surface area contributed by atoms with Gasteiger partial charge in [-0.3, -0.25) is 20.0 Å². The summed E-state index contributed by atoms with van der Waals surface area (Å²) in [6.07, 6.45) is 0.425. The molecule has 0 aliphatic heterocycles. The van der Waals surface area contributed by atoms with Crippen LogP contribution in [0.3, 0.4) is 0 Å². The molecule has 0 spiro atoms. The lowest BCUT2D eigenvalue weighted by Crippen LogP contribution is -2.33. The van der Waals surface area contributed by atoms with Crippen molar-refractivity contribution in [3.63, 3.8) is 0 Å². The van der Waals surface area contributed by atoms with Crippen LogP contribution in [0.1, 0.15) is 23.8 Å². The Morgan fingerprint density at radius 2 is 2.35 bits per heavy atom. The fourth-order valence-electron chi connectivity index (χ4n) is 1.85. The number of nitrogens with zero attached hydrogens (tertiary/aromatic N) is 2. The fraction of sp³-hybridized carbons (Fsp3) is 0.333. The van der Waals surface area contributed by atoms with Crippen LogP contribution in [0, 0.1) is 10.1 Å². The predicted octanol–water partition coefficient (Wildman–Crippen LogP) is 0.972. The Hall–Kier alpha value is -2.48. The smallest absolute Gasteiger partial charge is 0.272 e. The third-order valence-electron chi connectivity index (χ3n) is 2.91. The van der Waals surface area contributed by atoms with Gasteiger partial charge in [-0.2, -0.15) is 5.10 Å². The van der Waals surface area contributed by atoms with Crippen molar-refractivity contribution >= 4 is 22.5 Å². The maximum absolute atomic E-state index is 12.0. The van der Waals surface area contributed by atoms with Crippen molar-refractivity contribution in [2.24, 2.45) is 0 Å². The number of aromatic nitrogens is 2. The zero-order valence-electron chi connectivity index (χ0n) is 10.8. The van der Waals surface area contributed by atoms with Gasteiger partial charge < -0.3 is 10.4 Å². The van der Waals surface area contributed by atoms with Gasteiger partial charge >= 0.3 is 0 Å². The molecule has 8 nitrogen and oxygen atoms in total. The predicted molar refractivity (Wildman–Crippen MR) is 71.4 cm³/mol. The summed E-state index contributed by atoms with van der Waals surface area (Å²) < 4.78 is 0. The Balaban J connectivity index is 2.32. The van der Waals surface area contributed by atoms with E-state index in [9.17, 15) is 14.9 Å². The molecule has 2 aromatic rings. The zero-order valence-corrected chi connectivity index (χ0v) is 10.8. The van der Waals surface area contributed by atoms with Crippen LogP contribution in [0.5, 0.6) is 0 Å². The molecule has 0 aliphatic carbocycles. The second-order valence-corrected chi connectivity index (χ2v) is 4.45. The van der Waals surface area contributed by atoms with Gasteiger partial charge in [-0.1, -0.05) is 0 Å². The molecule has 1 heterocycles. The van der Waals surface area contributed by atoms with Gasteiger partial charge in [0, 0.05) is 30.2 Å². The minimum Gasteiger partial charge on any atom is -0.396 e. The lowest BCUT2D eigenvalue weighted by atomic mass is 10.1. The number of nitrogens with one attached hydrogen (secondary N) is 2. The molecule has 1 aromatic carbocycles.